The lowest BCUT2D eigenvalue weighted by atomic mass is 9.89. The Morgan fingerprint density at radius 1 is 1.19 bits per heavy atom. The molecule has 0 radical (unpaired) electrons. The quantitative estimate of drug-likeness (QED) is 0.747. The number of carbonyl (C=O) groups is 1. The highest BCUT2D eigenvalue weighted by molar-refractivity contribution is 5.88. The number of piperazine rings is 1. The van der Waals surface area contributed by atoms with Crippen molar-refractivity contribution in [2.75, 3.05) is 13.1 Å². The van der Waals surface area contributed by atoms with Crippen molar-refractivity contribution in [2.45, 2.75) is 12.5 Å². The van der Waals surface area contributed by atoms with Crippen LogP contribution < -0.4 is 10.6 Å². The van der Waals surface area contributed by atoms with E-state index in [9.17, 15) is 13.6 Å². The molecule has 1 atom stereocenters. The predicted molar refractivity (Wildman–Crippen MR) is 54.7 cm³/mol. The molecular weight excluding hydrogens is 214 g/mol. The molecule has 1 aliphatic heterocycles. The molecule has 0 saturated carbocycles. The van der Waals surface area contributed by atoms with Crippen LogP contribution in [0.3, 0.4) is 0 Å². The van der Waals surface area contributed by atoms with Gasteiger partial charge in [0.1, 0.15) is 17.2 Å². The zero-order valence-electron chi connectivity index (χ0n) is 8.81. The Kier molecular flexibility index (Phi) is 2.63. The van der Waals surface area contributed by atoms with Crippen LogP contribution in [-0.2, 0) is 10.3 Å². The Morgan fingerprint density at radius 3 is 2.38 bits per heavy atom. The van der Waals surface area contributed by atoms with Gasteiger partial charge in [0.05, 0.1) is 0 Å². The lowest BCUT2D eigenvalue weighted by Gasteiger charge is -2.34. The predicted octanol–water partition coefficient (Wildman–Crippen LogP) is 0.899. The Balaban J connectivity index is 2.44. The van der Waals surface area contributed by atoms with Gasteiger partial charge in [-0.05, 0) is 24.6 Å². The summed E-state index contributed by atoms with van der Waals surface area (Å²) in [6.07, 6.45) is 0. The summed E-state index contributed by atoms with van der Waals surface area (Å²) >= 11 is 0. The van der Waals surface area contributed by atoms with Crippen LogP contribution in [0.5, 0.6) is 0 Å². The maximum atomic E-state index is 13.1. The van der Waals surface area contributed by atoms with E-state index < -0.39 is 17.2 Å². The smallest absolute Gasteiger partial charge is 0.244 e. The summed E-state index contributed by atoms with van der Waals surface area (Å²) in [7, 11) is 0. The lowest BCUT2D eigenvalue weighted by molar-refractivity contribution is -0.128. The van der Waals surface area contributed by atoms with Crippen LogP contribution >= 0.6 is 0 Å². The van der Waals surface area contributed by atoms with Crippen LogP contribution in [0, 0.1) is 11.6 Å². The van der Waals surface area contributed by atoms with Gasteiger partial charge in [-0.2, -0.15) is 0 Å². The molecule has 1 amide bonds. The van der Waals surface area contributed by atoms with Crippen LogP contribution in [0.1, 0.15) is 12.5 Å². The summed E-state index contributed by atoms with van der Waals surface area (Å²) in [5.74, 6) is -1.64. The van der Waals surface area contributed by atoms with E-state index in [4.69, 9.17) is 0 Å². The molecule has 16 heavy (non-hydrogen) atoms. The molecule has 1 saturated heterocycles. The van der Waals surface area contributed by atoms with Crippen LogP contribution in [0.25, 0.3) is 0 Å². The highest BCUT2D eigenvalue weighted by Gasteiger charge is 2.37. The summed E-state index contributed by atoms with van der Waals surface area (Å²) in [6.45, 7) is 2.70. The van der Waals surface area contributed by atoms with Gasteiger partial charge in [0.2, 0.25) is 5.91 Å². The van der Waals surface area contributed by atoms with Crippen molar-refractivity contribution in [1.29, 1.82) is 0 Å². The first-order chi connectivity index (χ1) is 7.52. The Labute approximate surface area is 91.8 Å². The average molecular weight is 226 g/mol. The molecule has 1 unspecified atom stereocenters. The molecule has 2 rings (SSSR count). The number of rotatable bonds is 1. The van der Waals surface area contributed by atoms with Gasteiger partial charge in [-0.3, -0.25) is 10.1 Å². The number of nitrogens with one attached hydrogen (secondary N) is 2. The largest absolute Gasteiger partial charge is 0.353 e. The molecule has 1 aliphatic rings. The number of halogens is 2. The van der Waals surface area contributed by atoms with Crippen molar-refractivity contribution in [3.63, 3.8) is 0 Å². The van der Waals surface area contributed by atoms with Crippen molar-refractivity contribution < 1.29 is 13.6 Å². The minimum absolute atomic E-state index is 0.274. The van der Waals surface area contributed by atoms with E-state index in [2.05, 4.69) is 10.6 Å². The van der Waals surface area contributed by atoms with Gasteiger partial charge in [0, 0.05) is 19.2 Å². The number of carbonyl (C=O) groups excluding carboxylic acids is 1. The van der Waals surface area contributed by atoms with E-state index in [0.29, 0.717) is 18.7 Å². The number of hydrogen-bond donors (Lipinski definition) is 2. The fourth-order valence-corrected chi connectivity index (χ4v) is 1.82. The summed E-state index contributed by atoms with van der Waals surface area (Å²) in [5.41, 5.74) is -0.775. The van der Waals surface area contributed by atoms with E-state index in [1.165, 1.54) is 12.1 Å². The summed E-state index contributed by atoms with van der Waals surface area (Å²) in [4.78, 5) is 11.7. The molecule has 0 aliphatic carbocycles. The molecule has 86 valence electrons. The fourth-order valence-electron chi connectivity index (χ4n) is 1.82. The molecule has 1 heterocycles. The van der Waals surface area contributed by atoms with Crippen LogP contribution in [0.4, 0.5) is 8.78 Å². The van der Waals surface area contributed by atoms with E-state index in [1.807, 2.05) is 0 Å². The molecule has 1 fully saturated rings. The van der Waals surface area contributed by atoms with Gasteiger partial charge >= 0.3 is 0 Å². The Hall–Kier alpha value is -1.49. The second kappa shape index (κ2) is 3.83. The topological polar surface area (TPSA) is 41.1 Å². The van der Waals surface area contributed by atoms with Crippen molar-refractivity contribution in [3.8, 4) is 0 Å². The van der Waals surface area contributed by atoms with Crippen LogP contribution in [0.2, 0.25) is 0 Å². The number of amides is 1. The Morgan fingerprint density at radius 2 is 1.81 bits per heavy atom. The van der Waals surface area contributed by atoms with Gasteiger partial charge in [-0.1, -0.05) is 0 Å². The minimum Gasteiger partial charge on any atom is -0.353 e. The van der Waals surface area contributed by atoms with Crippen molar-refractivity contribution in [2.24, 2.45) is 0 Å². The van der Waals surface area contributed by atoms with E-state index >= 15 is 0 Å². The third-order valence-corrected chi connectivity index (χ3v) is 2.78. The molecule has 3 nitrogen and oxygen atoms in total. The summed E-state index contributed by atoms with van der Waals surface area (Å²) < 4.78 is 26.2. The van der Waals surface area contributed by atoms with Gasteiger partial charge < -0.3 is 5.32 Å². The standard InChI is InChI=1S/C11H12F2N2O/c1-11(10(16)14-2-3-15-11)7-4-8(12)6-9(13)5-7/h4-6,15H,2-3H2,1H3,(H,14,16). The number of hydrogen-bond acceptors (Lipinski definition) is 2. The Bertz CT molecular complexity index is 416. The van der Waals surface area contributed by atoms with Crippen LogP contribution in [0.15, 0.2) is 18.2 Å². The van der Waals surface area contributed by atoms with Gasteiger partial charge in [-0.25, -0.2) is 8.78 Å². The van der Waals surface area contributed by atoms with Gasteiger partial charge in [0.25, 0.3) is 0 Å². The van der Waals surface area contributed by atoms with E-state index in [-0.39, 0.29) is 5.91 Å². The second-order valence-corrected chi connectivity index (χ2v) is 3.97. The first-order valence-electron chi connectivity index (χ1n) is 5.02. The highest BCUT2D eigenvalue weighted by Crippen LogP contribution is 2.24. The fraction of sp³-hybridized carbons (Fsp3) is 0.364. The third-order valence-electron chi connectivity index (χ3n) is 2.78. The zero-order valence-corrected chi connectivity index (χ0v) is 8.81. The maximum Gasteiger partial charge on any atom is 0.244 e. The van der Waals surface area contributed by atoms with E-state index in [1.54, 1.807) is 6.92 Å². The molecular formula is C11H12F2N2O. The third kappa shape index (κ3) is 1.78. The highest BCUT2D eigenvalue weighted by atomic mass is 19.1. The lowest BCUT2D eigenvalue weighted by Crippen LogP contribution is -2.59. The molecule has 0 spiro atoms. The zero-order chi connectivity index (χ0) is 11.8. The van der Waals surface area contributed by atoms with E-state index in [0.717, 1.165) is 6.07 Å². The molecule has 5 heteroatoms. The SMILES string of the molecule is CC1(c2cc(F)cc(F)c2)NCCNC1=O. The number of benzene rings is 1. The molecule has 0 aromatic heterocycles. The van der Waals surface area contributed by atoms with Gasteiger partial charge in [-0.15, -0.1) is 0 Å². The van der Waals surface area contributed by atoms with Gasteiger partial charge in [0.15, 0.2) is 0 Å². The normalized spacial score (nSPS) is 25.3. The minimum atomic E-state index is -1.07. The summed E-state index contributed by atoms with van der Waals surface area (Å²) in [5, 5.41) is 5.63. The first kappa shape index (κ1) is 11.0. The summed E-state index contributed by atoms with van der Waals surface area (Å²) in [6, 6.07) is 3.12. The monoisotopic (exact) mass is 226 g/mol. The molecule has 1 aromatic carbocycles. The molecule has 0 bridgehead atoms. The first-order valence-corrected chi connectivity index (χ1v) is 5.02. The second-order valence-electron chi connectivity index (χ2n) is 3.97. The molecule has 2 N–H and O–H groups in total. The maximum absolute atomic E-state index is 13.1. The van der Waals surface area contributed by atoms with Crippen molar-refractivity contribution in [1.82, 2.24) is 10.6 Å². The average Bonchev–Trinajstić information content (AvgIpc) is 2.21. The van der Waals surface area contributed by atoms with Crippen LogP contribution in [-0.4, -0.2) is 19.0 Å². The van der Waals surface area contributed by atoms with Crippen molar-refractivity contribution >= 4 is 5.91 Å². The molecule has 1 aromatic rings. The van der Waals surface area contributed by atoms with Crippen molar-refractivity contribution in [3.05, 3.63) is 35.4 Å².